The lowest BCUT2D eigenvalue weighted by atomic mass is 10.0. The third-order valence-corrected chi connectivity index (χ3v) is 4.29. The van der Waals surface area contributed by atoms with Crippen molar-refractivity contribution in [2.45, 2.75) is 104 Å². The van der Waals surface area contributed by atoms with Crippen LogP contribution in [0.1, 0.15) is 104 Å². The summed E-state index contributed by atoms with van der Waals surface area (Å²) in [5.41, 5.74) is 0.395. The molecule has 134 valence electrons. The maximum Gasteiger partial charge on any atom is 0.331 e. The van der Waals surface area contributed by atoms with E-state index in [1.807, 2.05) is 6.08 Å². The topological polar surface area (TPSA) is 37.3 Å². The van der Waals surface area contributed by atoms with Crippen LogP contribution >= 0.6 is 0 Å². The van der Waals surface area contributed by atoms with Crippen molar-refractivity contribution in [3.63, 3.8) is 0 Å². The molecule has 0 aromatic carbocycles. The Morgan fingerprint density at radius 3 is 1.65 bits per heavy atom. The second-order valence-corrected chi connectivity index (χ2v) is 6.61. The van der Waals surface area contributed by atoms with Gasteiger partial charge in [-0.3, -0.25) is 0 Å². The summed E-state index contributed by atoms with van der Waals surface area (Å²) in [6, 6.07) is 0. The van der Waals surface area contributed by atoms with Gasteiger partial charge in [0.2, 0.25) is 0 Å². The summed E-state index contributed by atoms with van der Waals surface area (Å²) in [5, 5.41) is 8.71. The Kier molecular flexibility index (Phi) is 16.5. The molecule has 0 saturated heterocycles. The second kappa shape index (κ2) is 17.3. The lowest BCUT2D eigenvalue weighted by Gasteiger charge is -2.02. The van der Waals surface area contributed by atoms with Crippen LogP contribution in [0.4, 0.5) is 0 Å². The molecular formula is C21H38O2. The summed E-state index contributed by atoms with van der Waals surface area (Å²) < 4.78 is 0. The number of carboxylic acids is 1. The Balaban J connectivity index is 3.21. The van der Waals surface area contributed by atoms with E-state index < -0.39 is 5.97 Å². The van der Waals surface area contributed by atoms with E-state index in [2.05, 4.69) is 13.0 Å². The SMILES string of the molecule is CCCCCCCCCCCCCCCC=CC=C(C)C(=O)O. The first-order valence-electron chi connectivity index (χ1n) is 9.75. The van der Waals surface area contributed by atoms with Gasteiger partial charge in [0.05, 0.1) is 0 Å². The fourth-order valence-electron chi connectivity index (χ4n) is 2.66. The van der Waals surface area contributed by atoms with Crippen LogP contribution < -0.4 is 0 Å². The molecule has 2 heteroatoms. The minimum atomic E-state index is -0.837. The molecule has 0 heterocycles. The van der Waals surface area contributed by atoms with Crippen LogP contribution in [0, 0.1) is 0 Å². The number of carboxylic acid groups (broad SMARTS) is 1. The van der Waals surface area contributed by atoms with Gasteiger partial charge in [0.1, 0.15) is 0 Å². The van der Waals surface area contributed by atoms with Crippen LogP contribution in [-0.2, 0) is 4.79 Å². The summed E-state index contributed by atoms with van der Waals surface area (Å²) in [4.78, 5) is 10.6. The summed E-state index contributed by atoms with van der Waals surface area (Å²) in [6.45, 7) is 3.89. The molecule has 0 fully saturated rings. The lowest BCUT2D eigenvalue weighted by molar-refractivity contribution is -0.132. The Labute approximate surface area is 144 Å². The van der Waals surface area contributed by atoms with Gasteiger partial charge in [0.15, 0.2) is 0 Å². The van der Waals surface area contributed by atoms with Crippen LogP contribution in [0.15, 0.2) is 23.8 Å². The van der Waals surface area contributed by atoms with E-state index in [1.165, 1.54) is 83.5 Å². The quantitative estimate of drug-likeness (QED) is 0.188. The average Bonchev–Trinajstić information content (AvgIpc) is 2.54. The predicted octanol–water partition coefficient (Wildman–Crippen LogP) is 7.05. The highest BCUT2D eigenvalue weighted by Crippen LogP contribution is 2.13. The standard InChI is InChI=1S/C21H38O2/c1-3-4-5-6-7-8-9-10-11-12-13-14-15-16-17-18-19-20(2)21(22)23/h17-19H,3-16H2,1-2H3,(H,22,23). The number of carbonyl (C=O) groups is 1. The molecule has 1 N–H and O–H groups in total. The van der Waals surface area contributed by atoms with Gasteiger partial charge >= 0.3 is 5.97 Å². The van der Waals surface area contributed by atoms with Gasteiger partial charge < -0.3 is 5.11 Å². The van der Waals surface area contributed by atoms with Crippen LogP contribution in [0.5, 0.6) is 0 Å². The fourth-order valence-corrected chi connectivity index (χ4v) is 2.66. The van der Waals surface area contributed by atoms with Gasteiger partial charge in [-0.1, -0.05) is 102 Å². The van der Waals surface area contributed by atoms with E-state index in [0.717, 1.165) is 6.42 Å². The lowest BCUT2D eigenvalue weighted by Crippen LogP contribution is -1.94. The van der Waals surface area contributed by atoms with E-state index in [0.29, 0.717) is 5.57 Å². The maximum atomic E-state index is 10.6. The highest BCUT2D eigenvalue weighted by molar-refractivity contribution is 5.86. The Bertz CT molecular complexity index is 329. The van der Waals surface area contributed by atoms with E-state index in [4.69, 9.17) is 5.11 Å². The Hall–Kier alpha value is -1.05. The molecule has 0 rings (SSSR count). The van der Waals surface area contributed by atoms with Crippen molar-refractivity contribution in [3.8, 4) is 0 Å². The molecule has 0 saturated carbocycles. The van der Waals surface area contributed by atoms with Crippen molar-refractivity contribution in [2.75, 3.05) is 0 Å². The van der Waals surface area contributed by atoms with E-state index in [9.17, 15) is 4.79 Å². The zero-order valence-electron chi connectivity index (χ0n) is 15.5. The summed E-state index contributed by atoms with van der Waals surface area (Å²) in [6.07, 6.45) is 24.6. The molecule has 0 aromatic rings. The molecule has 0 aliphatic carbocycles. The van der Waals surface area contributed by atoms with E-state index in [1.54, 1.807) is 13.0 Å². The van der Waals surface area contributed by atoms with Gasteiger partial charge in [-0.25, -0.2) is 4.79 Å². The van der Waals surface area contributed by atoms with Gasteiger partial charge in [-0.05, 0) is 19.8 Å². The van der Waals surface area contributed by atoms with Crippen LogP contribution in [0.25, 0.3) is 0 Å². The highest BCUT2D eigenvalue weighted by atomic mass is 16.4. The van der Waals surface area contributed by atoms with Crippen molar-refractivity contribution >= 4 is 5.97 Å². The Morgan fingerprint density at radius 1 is 0.783 bits per heavy atom. The molecule has 0 aromatic heterocycles. The van der Waals surface area contributed by atoms with Gasteiger partial charge in [-0.2, -0.15) is 0 Å². The number of unbranched alkanes of at least 4 members (excludes halogenated alkanes) is 13. The minimum Gasteiger partial charge on any atom is -0.478 e. The predicted molar refractivity (Wildman–Crippen MR) is 101 cm³/mol. The minimum absolute atomic E-state index is 0.395. The van der Waals surface area contributed by atoms with Crippen molar-refractivity contribution in [2.24, 2.45) is 0 Å². The van der Waals surface area contributed by atoms with Crippen molar-refractivity contribution < 1.29 is 9.90 Å². The third-order valence-electron chi connectivity index (χ3n) is 4.29. The van der Waals surface area contributed by atoms with Crippen molar-refractivity contribution in [1.82, 2.24) is 0 Å². The number of rotatable bonds is 16. The normalized spacial score (nSPS) is 12.2. The maximum absolute atomic E-state index is 10.6. The van der Waals surface area contributed by atoms with Crippen LogP contribution in [0.2, 0.25) is 0 Å². The molecule has 0 aliphatic rings. The van der Waals surface area contributed by atoms with Crippen LogP contribution in [0.3, 0.4) is 0 Å². The average molecular weight is 323 g/mol. The monoisotopic (exact) mass is 322 g/mol. The van der Waals surface area contributed by atoms with Gasteiger partial charge in [0, 0.05) is 5.57 Å². The zero-order chi connectivity index (χ0) is 17.2. The summed E-state index contributed by atoms with van der Waals surface area (Å²) >= 11 is 0. The Morgan fingerprint density at radius 2 is 1.22 bits per heavy atom. The zero-order valence-corrected chi connectivity index (χ0v) is 15.5. The fraction of sp³-hybridized carbons (Fsp3) is 0.762. The molecule has 2 nitrogen and oxygen atoms in total. The molecule has 0 radical (unpaired) electrons. The molecule has 0 atom stereocenters. The summed E-state index contributed by atoms with van der Waals surface area (Å²) in [7, 11) is 0. The number of allylic oxidation sites excluding steroid dienone is 3. The van der Waals surface area contributed by atoms with Gasteiger partial charge in [0.25, 0.3) is 0 Å². The van der Waals surface area contributed by atoms with E-state index >= 15 is 0 Å². The molecule has 0 bridgehead atoms. The largest absolute Gasteiger partial charge is 0.478 e. The molecular weight excluding hydrogens is 284 g/mol. The van der Waals surface area contributed by atoms with Gasteiger partial charge in [-0.15, -0.1) is 0 Å². The molecule has 0 amide bonds. The molecule has 23 heavy (non-hydrogen) atoms. The first kappa shape index (κ1) is 21.9. The van der Waals surface area contributed by atoms with Crippen LogP contribution in [-0.4, -0.2) is 11.1 Å². The number of aliphatic carboxylic acids is 1. The highest BCUT2D eigenvalue weighted by Gasteiger charge is 1.95. The first-order valence-corrected chi connectivity index (χ1v) is 9.75. The smallest absolute Gasteiger partial charge is 0.331 e. The number of hydrogen-bond donors (Lipinski definition) is 1. The van der Waals surface area contributed by atoms with E-state index in [-0.39, 0.29) is 0 Å². The summed E-state index contributed by atoms with van der Waals surface area (Å²) in [5.74, 6) is -0.837. The third kappa shape index (κ3) is 17.1. The molecule has 0 spiro atoms. The number of hydrogen-bond acceptors (Lipinski definition) is 1. The first-order chi connectivity index (χ1) is 11.2. The second-order valence-electron chi connectivity index (χ2n) is 6.61. The van der Waals surface area contributed by atoms with Crippen molar-refractivity contribution in [1.29, 1.82) is 0 Å². The van der Waals surface area contributed by atoms with Crippen molar-refractivity contribution in [3.05, 3.63) is 23.8 Å². The molecule has 0 unspecified atom stereocenters. The molecule has 0 aliphatic heterocycles.